The Morgan fingerprint density at radius 3 is 2.81 bits per heavy atom. The fourth-order valence-electron chi connectivity index (χ4n) is 3.27. The van der Waals surface area contributed by atoms with Gasteiger partial charge in [-0.2, -0.15) is 0 Å². The minimum absolute atomic E-state index is 0.158. The number of carbonyl (C=O) groups excluding carboxylic acids is 1. The summed E-state index contributed by atoms with van der Waals surface area (Å²) < 4.78 is 5.73. The lowest BCUT2D eigenvalue weighted by molar-refractivity contribution is 0.0612. The second-order valence-electron chi connectivity index (χ2n) is 6.04. The highest BCUT2D eigenvalue weighted by Gasteiger charge is 2.24. The Morgan fingerprint density at radius 2 is 2.00 bits per heavy atom. The van der Waals surface area contributed by atoms with E-state index in [9.17, 15) is 9.90 Å². The maximum Gasteiger partial charge on any atom is 0.167 e. The van der Waals surface area contributed by atoms with Gasteiger partial charge in [0, 0.05) is 13.0 Å². The monoisotopic (exact) mass is 289 g/mol. The predicted molar refractivity (Wildman–Crippen MR) is 80.9 cm³/mol. The first kappa shape index (κ1) is 14.5. The van der Waals surface area contributed by atoms with Gasteiger partial charge in [0.15, 0.2) is 5.78 Å². The lowest BCUT2D eigenvalue weighted by atomic mass is 10.1. The number of ether oxygens (including phenoxy) is 1. The van der Waals surface area contributed by atoms with Crippen LogP contribution in [0.2, 0.25) is 0 Å². The SMILES string of the molecule is O=C1CCc2cccc(OC[C@H](O)CN3CCCCC3)c21. The number of hydrogen-bond donors (Lipinski definition) is 1. The molecule has 0 saturated carbocycles. The quantitative estimate of drug-likeness (QED) is 0.901. The molecule has 0 bridgehead atoms. The van der Waals surface area contributed by atoms with E-state index in [-0.39, 0.29) is 12.4 Å². The van der Waals surface area contributed by atoms with Crippen LogP contribution in [0, 0.1) is 0 Å². The molecule has 1 fully saturated rings. The molecule has 2 aliphatic rings. The van der Waals surface area contributed by atoms with E-state index < -0.39 is 6.10 Å². The van der Waals surface area contributed by atoms with Crippen LogP contribution in [-0.4, -0.2) is 48.1 Å². The van der Waals surface area contributed by atoms with Crippen molar-refractivity contribution in [1.29, 1.82) is 0 Å². The number of carbonyl (C=O) groups is 1. The molecule has 4 heteroatoms. The number of aryl methyl sites for hydroxylation is 1. The number of aliphatic hydroxyl groups is 1. The van der Waals surface area contributed by atoms with Gasteiger partial charge in [-0.1, -0.05) is 18.6 Å². The van der Waals surface area contributed by atoms with Crippen LogP contribution < -0.4 is 4.74 Å². The first-order valence-corrected chi connectivity index (χ1v) is 7.92. The van der Waals surface area contributed by atoms with Gasteiger partial charge in [0.1, 0.15) is 18.5 Å². The van der Waals surface area contributed by atoms with Crippen molar-refractivity contribution in [3.05, 3.63) is 29.3 Å². The standard InChI is InChI=1S/C17H23NO3/c19-14(11-18-9-2-1-3-10-18)12-21-16-6-4-5-13-7-8-15(20)17(13)16/h4-6,14,19H,1-3,7-12H2/t14-/m1/s1. The van der Waals surface area contributed by atoms with Gasteiger partial charge in [0.05, 0.1) is 5.56 Å². The lowest BCUT2D eigenvalue weighted by Gasteiger charge is -2.28. The first-order valence-electron chi connectivity index (χ1n) is 7.92. The number of nitrogens with zero attached hydrogens (tertiary/aromatic N) is 1. The number of Topliss-reactive ketones (excluding diaryl/α,β-unsaturated/α-hetero) is 1. The number of aliphatic hydroxyl groups excluding tert-OH is 1. The second kappa shape index (κ2) is 6.58. The van der Waals surface area contributed by atoms with Gasteiger partial charge >= 0.3 is 0 Å². The van der Waals surface area contributed by atoms with Gasteiger partial charge in [-0.25, -0.2) is 0 Å². The summed E-state index contributed by atoms with van der Waals surface area (Å²) in [6, 6.07) is 5.73. The van der Waals surface area contributed by atoms with Gasteiger partial charge < -0.3 is 14.7 Å². The Hall–Kier alpha value is -1.39. The van der Waals surface area contributed by atoms with Crippen LogP contribution in [0.4, 0.5) is 0 Å². The van der Waals surface area contributed by atoms with E-state index in [1.54, 1.807) is 0 Å². The van der Waals surface area contributed by atoms with Crippen molar-refractivity contribution in [1.82, 2.24) is 4.90 Å². The molecule has 4 nitrogen and oxygen atoms in total. The van der Waals surface area contributed by atoms with Crippen molar-refractivity contribution in [3.63, 3.8) is 0 Å². The Labute approximate surface area is 125 Å². The largest absolute Gasteiger partial charge is 0.490 e. The summed E-state index contributed by atoms with van der Waals surface area (Å²) in [4.78, 5) is 14.2. The number of hydrogen-bond acceptors (Lipinski definition) is 4. The van der Waals surface area contributed by atoms with E-state index in [1.165, 1.54) is 19.3 Å². The molecule has 0 spiro atoms. The van der Waals surface area contributed by atoms with Crippen LogP contribution in [0.5, 0.6) is 5.75 Å². The molecule has 1 heterocycles. The molecule has 0 aromatic heterocycles. The highest BCUT2D eigenvalue weighted by molar-refractivity contribution is 6.02. The third-order valence-corrected chi connectivity index (χ3v) is 4.36. The number of fused-ring (bicyclic) bond motifs is 1. The first-order chi connectivity index (χ1) is 10.2. The maximum atomic E-state index is 11.9. The van der Waals surface area contributed by atoms with Crippen LogP contribution >= 0.6 is 0 Å². The highest BCUT2D eigenvalue weighted by atomic mass is 16.5. The summed E-state index contributed by atoms with van der Waals surface area (Å²) in [5.74, 6) is 0.791. The van der Waals surface area contributed by atoms with Crippen LogP contribution in [0.1, 0.15) is 41.6 Å². The number of β-amino-alcohol motifs (C(OH)–C–C–N with tert-alkyl or cyclic N) is 1. The van der Waals surface area contributed by atoms with E-state index in [0.29, 0.717) is 18.7 Å². The molecule has 21 heavy (non-hydrogen) atoms. The minimum Gasteiger partial charge on any atom is -0.490 e. The van der Waals surface area contributed by atoms with E-state index >= 15 is 0 Å². The van der Waals surface area contributed by atoms with Crippen molar-refractivity contribution in [2.75, 3.05) is 26.2 Å². The van der Waals surface area contributed by atoms with Crippen molar-refractivity contribution in [3.8, 4) is 5.75 Å². The third-order valence-electron chi connectivity index (χ3n) is 4.36. The maximum absolute atomic E-state index is 11.9. The van der Waals surface area contributed by atoms with Gasteiger partial charge in [-0.05, 0) is 44.0 Å². The second-order valence-corrected chi connectivity index (χ2v) is 6.04. The van der Waals surface area contributed by atoms with E-state index in [4.69, 9.17) is 4.74 Å². The molecule has 0 amide bonds. The lowest BCUT2D eigenvalue weighted by Crippen LogP contribution is -2.38. The normalized spacial score (nSPS) is 20.3. The van der Waals surface area contributed by atoms with Crippen LogP contribution in [0.15, 0.2) is 18.2 Å². The Balaban J connectivity index is 1.55. The van der Waals surface area contributed by atoms with E-state index in [2.05, 4.69) is 4.90 Å². The van der Waals surface area contributed by atoms with Gasteiger partial charge in [0.2, 0.25) is 0 Å². The number of ketones is 1. The highest BCUT2D eigenvalue weighted by Crippen LogP contribution is 2.30. The molecule has 1 aromatic carbocycles. The van der Waals surface area contributed by atoms with Crippen LogP contribution in [0.3, 0.4) is 0 Å². The summed E-state index contributed by atoms with van der Waals surface area (Å²) in [6.45, 7) is 3.04. The summed E-state index contributed by atoms with van der Waals surface area (Å²) in [6.07, 6.45) is 4.60. The van der Waals surface area contributed by atoms with Gasteiger partial charge in [-0.15, -0.1) is 0 Å². The van der Waals surface area contributed by atoms with Crippen LogP contribution in [-0.2, 0) is 6.42 Å². The molecule has 1 aliphatic carbocycles. The molecule has 1 N–H and O–H groups in total. The zero-order valence-corrected chi connectivity index (χ0v) is 12.4. The van der Waals surface area contributed by atoms with Gasteiger partial charge in [-0.3, -0.25) is 4.79 Å². The molecule has 1 saturated heterocycles. The van der Waals surface area contributed by atoms with E-state index in [0.717, 1.165) is 30.6 Å². The average Bonchev–Trinajstić information content (AvgIpc) is 2.88. The zero-order chi connectivity index (χ0) is 14.7. The van der Waals surface area contributed by atoms with Crippen molar-refractivity contribution >= 4 is 5.78 Å². The minimum atomic E-state index is -0.504. The summed E-state index contributed by atoms with van der Waals surface area (Å²) in [7, 11) is 0. The van der Waals surface area contributed by atoms with Crippen molar-refractivity contribution < 1.29 is 14.6 Å². The zero-order valence-electron chi connectivity index (χ0n) is 12.4. The molecule has 1 aliphatic heterocycles. The number of piperidine rings is 1. The van der Waals surface area contributed by atoms with Crippen molar-refractivity contribution in [2.45, 2.75) is 38.2 Å². The molecule has 0 radical (unpaired) electrons. The number of benzene rings is 1. The summed E-state index contributed by atoms with van der Waals surface area (Å²) in [5.41, 5.74) is 1.80. The molecule has 1 atom stereocenters. The predicted octanol–water partition coefficient (Wildman–Crippen LogP) is 2.04. The molecule has 0 unspecified atom stereocenters. The Morgan fingerprint density at radius 1 is 1.19 bits per heavy atom. The fourth-order valence-corrected chi connectivity index (χ4v) is 3.27. The Kier molecular flexibility index (Phi) is 4.56. The summed E-state index contributed by atoms with van der Waals surface area (Å²) in [5, 5.41) is 10.1. The van der Waals surface area contributed by atoms with Crippen LogP contribution in [0.25, 0.3) is 0 Å². The topological polar surface area (TPSA) is 49.8 Å². The average molecular weight is 289 g/mol. The molecular weight excluding hydrogens is 266 g/mol. The summed E-state index contributed by atoms with van der Waals surface area (Å²) >= 11 is 0. The smallest absolute Gasteiger partial charge is 0.167 e. The van der Waals surface area contributed by atoms with E-state index in [1.807, 2.05) is 18.2 Å². The van der Waals surface area contributed by atoms with Gasteiger partial charge in [0.25, 0.3) is 0 Å². The molecule has 3 rings (SSSR count). The van der Waals surface area contributed by atoms with Crippen molar-refractivity contribution in [2.24, 2.45) is 0 Å². The number of likely N-dealkylation sites (tertiary alicyclic amines) is 1. The molecule has 114 valence electrons. The fraction of sp³-hybridized carbons (Fsp3) is 0.588. The molecular formula is C17H23NO3. The third kappa shape index (κ3) is 3.44. The number of rotatable bonds is 5. The molecule has 1 aromatic rings. The Bertz CT molecular complexity index is 509.